The van der Waals surface area contributed by atoms with Crippen LogP contribution in [0.4, 0.5) is 4.39 Å². The minimum atomic E-state index is -1.44. The summed E-state index contributed by atoms with van der Waals surface area (Å²) in [4.78, 5) is 27.3. The van der Waals surface area contributed by atoms with Gasteiger partial charge in [-0.3, -0.25) is 14.3 Å². The molecule has 2 heterocycles. The van der Waals surface area contributed by atoms with Crippen molar-refractivity contribution in [2.45, 2.75) is 6.54 Å². The van der Waals surface area contributed by atoms with Gasteiger partial charge < -0.3 is 9.63 Å². The van der Waals surface area contributed by atoms with Crippen LogP contribution < -0.4 is 11.2 Å². The summed E-state index contributed by atoms with van der Waals surface area (Å²) in [6, 6.07) is 0. The SMILES string of the molecule is O=c1[nH]c(=O)n(Cc2ncon2)c(O)c1F. The van der Waals surface area contributed by atoms with Gasteiger partial charge in [0.05, 0.1) is 6.54 Å². The molecule has 0 spiro atoms. The first-order valence-electron chi connectivity index (χ1n) is 4.06. The van der Waals surface area contributed by atoms with Gasteiger partial charge in [0.1, 0.15) is 0 Å². The van der Waals surface area contributed by atoms with Crippen molar-refractivity contribution in [3.05, 3.63) is 38.9 Å². The fourth-order valence-corrected chi connectivity index (χ4v) is 1.09. The van der Waals surface area contributed by atoms with E-state index in [1.165, 1.54) is 0 Å². The van der Waals surface area contributed by atoms with Gasteiger partial charge in [-0.05, 0) is 0 Å². The fraction of sp³-hybridized carbons (Fsp3) is 0.143. The van der Waals surface area contributed by atoms with Gasteiger partial charge in [0.2, 0.25) is 18.1 Å². The van der Waals surface area contributed by atoms with Crippen LogP contribution in [0.3, 0.4) is 0 Å². The first kappa shape index (κ1) is 10.1. The second-order valence-corrected chi connectivity index (χ2v) is 2.83. The smallest absolute Gasteiger partial charge is 0.331 e. The van der Waals surface area contributed by atoms with Gasteiger partial charge in [-0.2, -0.15) is 9.37 Å². The summed E-state index contributed by atoms with van der Waals surface area (Å²) in [6.45, 7) is -0.311. The molecule has 2 aromatic rings. The average molecular weight is 228 g/mol. The maximum atomic E-state index is 13.0. The molecule has 8 nitrogen and oxygen atoms in total. The molecule has 84 valence electrons. The summed E-state index contributed by atoms with van der Waals surface area (Å²) in [5, 5.41) is 12.6. The van der Waals surface area contributed by atoms with Gasteiger partial charge in [0, 0.05) is 0 Å². The molecule has 0 aliphatic heterocycles. The maximum absolute atomic E-state index is 13.0. The Kier molecular flexibility index (Phi) is 2.27. The predicted molar refractivity (Wildman–Crippen MR) is 46.3 cm³/mol. The lowest BCUT2D eigenvalue weighted by molar-refractivity contribution is 0.361. The van der Waals surface area contributed by atoms with Gasteiger partial charge in [-0.15, -0.1) is 0 Å². The van der Waals surface area contributed by atoms with Gasteiger partial charge in [0.25, 0.3) is 5.56 Å². The highest BCUT2D eigenvalue weighted by molar-refractivity contribution is 5.10. The molecule has 2 rings (SSSR count). The summed E-state index contributed by atoms with van der Waals surface area (Å²) in [7, 11) is 0. The molecule has 16 heavy (non-hydrogen) atoms. The molecular weight excluding hydrogens is 223 g/mol. The summed E-state index contributed by atoms with van der Waals surface area (Å²) in [6.07, 6.45) is 1.01. The van der Waals surface area contributed by atoms with Gasteiger partial charge in [0.15, 0.2) is 5.82 Å². The first-order valence-corrected chi connectivity index (χ1v) is 4.06. The van der Waals surface area contributed by atoms with Crippen LogP contribution in [0, 0.1) is 5.82 Å². The molecule has 0 amide bonds. The number of aromatic nitrogens is 4. The van der Waals surface area contributed by atoms with Crippen LogP contribution in [0.2, 0.25) is 0 Å². The molecule has 2 aromatic heterocycles. The molecule has 0 fully saturated rings. The Morgan fingerprint density at radius 2 is 2.31 bits per heavy atom. The average Bonchev–Trinajstić information content (AvgIpc) is 2.74. The van der Waals surface area contributed by atoms with Crippen LogP contribution in [0.25, 0.3) is 0 Å². The lowest BCUT2D eigenvalue weighted by Gasteiger charge is -2.04. The van der Waals surface area contributed by atoms with E-state index in [-0.39, 0.29) is 12.4 Å². The minimum Gasteiger partial charge on any atom is -0.492 e. The highest BCUT2D eigenvalue weighted by Crippen LogP contribution is 2.08. The van der Waals surface area contributed by atoms with E-state index in [0.29, 0.717) is 4.57 Å². The molecule has 0 atom stereocenters. The lowest BCUT2D eigenvalue weighted by Crippen LogP contribution is -2.32. The molecule has 2 N–H and O–H groups in total. The zero-order valence-corrected chi connectivity index (χ0v) is 7.68. The third-order valence-corrected chi connectivity index (χ3v) is 1.82. The van der Waals surface area contributed by atoms with Crippen molar-refractivity contribution in [2.24, 2.45) is 0 Å². The highest BCUT2D eigenvalue weighted by atomic mass is 19.1. The van der Waals surface area contributed by atoms with Crippen LogP contribution >= 0.6 is 0 Å². The van der Waals surface area contributed by atoms with Crippen LogP contribution in [-0.4, -0.2) is 24.8 Å². The second kappa shape index (κ2) is 3.61. The number of nitrogens with one attached hydrogen (secondary N) is 1. The number of rotatable bonds is 2. The quantitative estimate of drug-likeness (QED) is 0.668. The Hall–Kier alpha value is -2.45. The van der Waals surface area contributed by atoms with E-state index < -0.39 is 22.9 Å². The van der Waals surface area contributed by atoms with E-state index in [0.717, 1.165) is 6.39 Å². The van der Waals surface area contributed by atoms with Gasteiger partial charge in [-0.25, -0.2) is 4.79 Å². The number of hydrogen-bond donors (Lipinski definition) is 2. The third-order valence-electron chi connectivity index (χ3n) is 1.82. The predicted octanol–water partition coefficient (Wildman–Crippen LogP) is -1.19. The Labute approximate surface area is 86.0 Å². The zero-order chi connectivity index (χ0) is 11.7. The van der Waals surface area contributed by atoms with E-state index in [1.807, 2.05) is 0 Å². The van der Waals surface area contributed by atoms with Crippen molar-refractivity contribution in [1.29, 1.82) is 0 Å². The number of nitrogens with zero attached hydrogens (tertiary/aromatic N) is 3. The Bertz CT molecular complexity index is 614. The molecule has 0 radical (unpaired) electrons. The Balaban J connectivity index is 2.53. The highest BCUT2D eigenvalue weighted by Gasteiger charge is 2.14. The van der Waals surface area contributed by atoms with Crippen LogP contribution in [0.5, 0.6) is 5.88 Å². The molecule has 0 saturated heterocycles. The molecule has 0 aliphatic rings. The third kappa shape index (κ3) is 1.58. The molecule has 0 aromatic carbocycles. The summed E-state index contributed by atoms with van der Waals surface area (Å²) in [5.41, 5.74) is -2.25. The Morgan fingerprint density at radius 1 is 1.56 bits per heavy atom. The van der Waals surface area contributed by atoms with E-state index in [9.17, 15) is 19.1 Å². The normalized spacial score (nSPS) is 10.6. The fourth-order valence-electron chi connectivity index (χ4n) is 1.09. The number of aromatic hydroxyl groups is 1. The van der Waals surface area contributed by atoms with Crippen molar-refractivity contribution in [3.63, 3.8) is 0 Å². The van der Waals surface area contributed by atoms with Crippen LogP contribution in [0.1, 0.15) is 5.82 Å². The summed E-state index contributed by atoms with van der Waals surface area (Å²) < 4.78 is 17.9. The standard InChI is InChI=1S/C7H5FN4O4/c8-4-5(13)10-7(15)12(6(4)14)1-3-9-2-16-11-3/h2,14H,1H2,(H,10,13,15). The van der Waals surface area contributed by atoms with Crippen molar-refractivity contribution < 1.29 is 14.0 Å². The van der Waals surface area contributed by atoms with Gasteiger partial charge in [-0.1, -0.05) is 5.16 Å². The van der Waals surface area contributed by atoms with Crippen LogP contribution in [0.15, 0.2) is 20.5 Å². The summed E-state index contributed by atoms with van der Waals surface area (Å²) >= 11 is 0. The zero-order valence-electron chi connectivity index (χ0n) is 7.68. The largest absolute Gasteiger partial charge is 0.492 e. The van der Waals surface area contributed by atoms with E-state index in [4.69, 9.17) is 0 Å². The molecule has 0 aliphatic carbocycles. The Morgan fingerprint density at radius 3 is 2.94 bits per heavy atom. The number of hydrogen-bond acceptors (Lipinski definition) is 6. The lowest BCUT2D eigenvalue weighted by atomic mass is 10.5. The van der Waals surface area contributed by atoms with Crippen molar-refractivity contribution >= 4 is 0 Å². The summed E-state index contributed by atoms with van der Waals surface area (Å²) in [5.74, 6) is -2.45. The minimum absolute atomic E-state index is 0.0591. The number of aromatic amines is 1. The molecule has 0 saturated carbocycles. The van der Waals surface area contributed by atoms with E-state index >= 15 is 0 Å². The first-order chi connectivity index (χ1) is 7.59. The van der Waals surface area contributed by atoms with Crippen molar-refractivity contribution in [3.8, 4) is 5.88 Å². The molecule has 9 heteroatoms. The topological polar surface area (TPSA) is 114 Å². The second-order valence-electron chi connectivity index (χ2n) is 2.83. The van der Waals surface area contributed by atoms with Crippen molar-refractivity contribution in [1.82, 2.24) is 19.7 Å². The van der Waals surface area contributed by atoms with Crippen LogP contribution in [-0.2, 0) is 6.54 Å². The maximum Gasteiger partial charge on any atom is 0.331 e. The van der Waals surface area contributed by atoms with E-state index in [2.05, 4.69) is 14.7 Å². The molecular formula is C7H5FN4O4. The monoisotopic (exact) mass is 228 g/mol. The number of H-pyrrole nitrogens is 1. The van der Waals surface area contributed by atoms with Crippen molar-refractivity contribution in [2.75, 3.05) is 0 Å². The molecule has 0 unspecified atom stereocenters. The van der Waals surface area contributed by atoms with Gasteiger partial charge >= 0.3 is 5.69 Å². The molecule has 0 bridgehead atoms. The van der Waals surface area contributed by atoms with E-state index in [1.54, 1.807) is 4.98 Å². The number of halogens is 1.